The Morgan fingerprint density at radius 3 is 2.08 bits per heavy atom. The highest BCUT2D eigenvalue weighted by Crippen LogP contribution is 2.56. The van der Waals surface area contributed by atoms with Crippen molar-refractivity contribution >= 4 is 40.8 Å². The lowest BCUT2D eigenvalue weighted by molar-refractivity contribution is -0.178. The number of aliphatic hydroxyl groups excluding tert-OH is 1. The Bertz CT molecular complexity index is 1130. The summed E-state index contributed by atoms with van der Waals surface area (Å²) in [5.74, 6) is -5.05. The van der Waals surface area contributed by atoms with E-state index in [0.717, 1.165) is 6.92 Å². The number of benzene rings is 2. The molecule has 0 bridgehead atoms. The summed E-state index contributed by atoms with van der Waals surface area (Å²) in [6, 6.07) is 9.84. The smallest absolute Gasteiger partial charge is 0.392 e. The Morgan fingerprint density at radius 2 is 1.58 bits per heavy atom. The fourth-order valence-corrected chi connectivity index (χ4v) is 4.26. The van der Waals surface area contributed by atoms with Gasteiger partial charge in [0.2, 0.25) is 5.91 Å². The Hall–Kier alpha value is -2.29. The van der Waals surface area contributed by atoms with Crippen LogP contribution in [0.25, 0.3) is 0 Å². The lowest BCUT2D eigenvalue weighted by Gasteiger charge is -2.27. The van der Waals surface area contributed by atoms with Crippen molar-refractivity contribution in [1.82, 2.24) is 0 Å². The molecule has 0 aromatic heterocycles. The molecule has 2 N–H and O–H groups in total. The number of esters is 1. The molecule has 1 aliphatic carbocycles. The van der Waals surface area contributed by atoms with Crippen LogP contribution in [-0.4, -0.2) is 28.8 Å². The van der Waals surface area contributed by atoms with E-state index in [0.29, 0.717) is 17.9 Å². The second-order valence-electron chi connectivity index (χ2n) is 10.1. The number of amides is 1. The van der Waals surface area contributed by atoms with Crippen molar-refractivity contribution in [2.75, 3.05) is 5.32 Å². The first-order valence-corrected chi connectivity index (χ1v) is 12.1. The van der Waals surface area contributed by atoms with Crippen LogP contribution in [0, 0.1) is 11.3 Å². The van der Waals surface area contributed by atoms with E-state index in [1.807, 2.05) is 0 Å². The van der Waals surface area contributed by atoms with Crippen LogP contribution in [0.5, 0.6) is 0 Å². The van der Waals surface area contributed by atoms with Crippen LogP contribution in [0.4, 0.5) is 18.9 Å². The molecule has 36 heavy (non-hydrogen) atoms. The fraction of sp³-hybridized carbons (Fsp3) is 0.462. The molecular formula is C26H28Cl2F3NO4. The first kappa shape index (κ1) is 28.3. The summed E-state index contributed by atoms with van der Waals surface area (Å²) in [5.41, 5.74) is -1.43. The molecule has 5 nitrogen and oxygen atoms in total. The van der Waals surface area contributed by atoms with Crippen LogP contribution in [0.1, 0.15) is 63.7 Å². The molecule has 2 unspecified atom stereocenters. The predicted octanol–water partition coefficient (Wildman–Crippen LogP) is 7.07. The third kappa shape index (κ3) is 6.33. The summed E-state index contributed by atoms with van der Waals surface area (Å²) in [4.78, 5) is 25.9. The second kappa shape index (κ2) is 10.2. The van der Waals surface area contributed by atoms with Gasteiger partial charge in [-0.25, -0.2) is 0 Å². The van der Waals surface area contributed by atoms with Crippen molar-refractivity contribution in [1.29, 1.82) is 0 Å². The maximum atomic E-state index is 13.6. The number of hydrogen-bond donors (Lipinski definition) is 2. The Morgan fingerprint density at radius 1 is 1.03 bits per heavy atom. The summed E-state index contributed by atoms with van der Waals surface area (Å²) >= 11 is 12.1. The van der Waals surface area contributed by atoms with Gasteiger partial charge in [-0.3, -0.25) is 9.59 Å². The minimum absolute atomic E-state index is 0.0199. The average molecular weight is 546 g/mol. The van der Waals surface area contributed by atoms with E-state index in [1.54, 1.807) is 20.8 Å². The summed E-state index contributed by atoms with van der Waals surface area (Å²) in [7, 11) is 0. The molecule has 3 atom stereocenters. The first-order chi connectivity index (χ1) is 16.5. The summed E-state index contributed by atoms with van der Waals surface area (Å²) < 4.78 is 46.4. The number of carbonyl (C=O) groups excluding carboxylic acids is 2. The second-order valence-corrected chi connectivity index (χ2v) is 11.0. The number of rotatable bonds is 7. The van der Waals surface area contributed by atoms with E-state index >= 15 is 0 Å². The van der Waals surface area contributed by atoms with E-state index < -0.39 is 47.0 Å². The lowest BCUT2D eigenvalue weighted by Crippen LogP contribution is -2.34. The third-order valence-corrected chi connectivity index (χ3v) is 6.79. The zero-order valence-electron chi connectivity index (χ0n) is 20.2. The van der Waals surface area contributed by atoms with E-state index in [4.69, 9.17) is 27.9 Å². The highest BCUT2D eigenvalue weighted by Gasteiger charge is 2.58. The largest absolute Gasteiger partial charge is 0.459 e. The van der Waals surface area contributed by atoms with Gasteiger partial charge in [-0.1, -0.05) is 48.3 Å². The molecular weight excluding hydrogens is 518 g/mol. The van der Waals surface area contributed by atoms with Gasteiger partial charge in [0.25, 0.3) is 0 Å². The van der Waals surface area contributed by atoms with E-state index in [-0.39, 0.29) is 21.8 Å². The average Bonchev–Trinajstić information content (AvgIpc) is 3.56. The monoisotopic (exact) mass is 545 g/mol. The Kier molecular flexibility index (Phi) is 8.04. The minimum atomic E-state index is -4.64. The van der Waals surface area contributed by atoms with Crippen LogP contribution in [0.3, 0.4) is 0 Å². The van der Waals surface area contributed by atoms with Gasteiger partial charge in [-0.2, -0.15) is 13.2 Å². The van der Waals surface area contributed by atoms with Gasteiger partial charge in [0.05, 0.1) is 34.1 Å². The van der Waals surface area contributed by atoms with Gasteiger partial charge in [0, 0.05) is 5.02 Å². The normalized spacial score (nSPS) is 17.6. The zero-order valence-corrected chi connectivity index (χ0v) is 21.8. The van der Waals surface area contributed by atoms with Gasteiger partial charge in [-0.05, 0) is 69.0 Å². The number of carbonyl (C=O) groups is 2. The van der Waals surface area contributed by atoms with Crippen molar-refractivity contribution < 1.29 is 32.6 Å². The van der Waals surface area contributed by atoms with Crippen molar-refractivity contribution in [3.8, 4) is 0 Å². The van der Waals surface area contributed by atoms with E-state index in [1.165, 1.54) is 42.5 Å². The predicted molar refractivity (Wildman–Crippen MR) is 132 cm³/mol. The van der Waals surface area contributed by atoms with Crippen molar-refractivity contribution in [3.63, 3.8) is 0 Å². The van der Waals surface area contributed by atoms with Gasteiger partial charge in [-0.15, -0.1) is 0 Å². The quantitative estimate of drug-likeness (QED) is 0.365. The van der Waals surface area contributed by atoms with E-state index in [9.17, 15) is 27.9 Å². The molecule has 0 heterocycles. The Balaban J connectivity index is 1.89. The number of ether oxygens (including phenoxy) is 1. The van der Waals surface area contributed by atoms with Gasteiger partial charge < -0.3 is 15.2 Å². The van der Waals surface area contributed by atoms with Crippen LogP contribution in [-0.2, 0) is 14.3 Å². The van der Waals surface area contributed by atoms with Crippen molar-refractivity contribution in [3.05, 3.63) is 63.6 Å². The van der Waals surface area contributed by atoms with Gasteiger partial charge >= 0.3 is 12.1 Å². The standard InChI is InChI=1S/C26H28Cl2F3NO4/c1-14(26(29,30)31)20(15-5-8-17(27)9-6-15)22(34)32-19-13-16(7-10-18(19)28)21(33)25(11-12-25)23(35)36-24(2,3)4/h5-10,13-14,20-21,33H,11-12H2,1-4H3,(H,32,34)/t14-,20?,21?/m1/s1. The number of alkyl halides is 3. The maximum absolute atomic E-state index is 13.6. The minimum Gasteiger partial charge on any atom is -0.459 e. The molecule has 2 aromatic rings. The molecule has 1 amide bonds. The molecule has 0 aliphatic heterocycles. The highest BCUT2D eigenvalue weighted by molar-refractivity contribution is 6.33. The number of hydrogen-bond acceptors (Lipinski definition) is 4. The molecule has 1 fully saturated rings. The SMILES string of the molecule is C[C@H](C(C(=O)Nc1cc(C(O)C2(C(=O)OC(C)(C)C)CC2)ccc1Cl)c1ccc(Cl)cc1)C(F)(F)F. The third-order valence-electron chi connectivity index (χ3n) is 6.21. The molecule has 196 valence electrons. The summed E-state index contributed by atoms with van der Waals surface area (Å²) in [5, 5.41) is 13.9. The zero-order chi connectivity index (χ0) is 27.1. The molecule has 2 aromatic carbocycles. The van der Waals surface area contributed by atoms with Gasteiger partial charge in [0.15, 0.2) is 0 Å². The molecule has 1 aliphatic rings. The van der Waals surface area contributed by atoms with Crippen LogP contribution >= 0.6 is 23.2 Å². The fourth-order valence-electron chi connectivity index (χ4n) is 3.97. The van der Waals surface area contributed by atoms with Crippen molar-refractivity contribution in [2.24, 2.45) is 11.3 Å². The molecule has 1 saturated carbocycles. The van der Waals surface area contributed by atoms with E-state index in [2.05, 4.69) is 5.32 Å². The molecule has 0 spiro atoms. The number of anilines is 1. The topological polar surface area (TPSA) is 75.6 Å². The number of halogens is 5. The van der Waals surface area contributed by atoms with Crippen LogP contribution < -0.4 is 5.32 Å². The highest BCUT2D eigenvalue weighted by atomic mass is 35.5. The molecule has 3 rings (SSSR count). The molecule has 10 heteroatoms. The maximum Gasteiger partial charge on any atom is 0.392 e. The number of nitrogens with one attached hydrogen (secondary N) is 1. The van der Waals surface area contributed by atoms with Crippen LogP contribution in [0.2, 0.25) is 10.0 Å². The van der Waals surface area contributed by atoms with Crippen LogP contribution in [0.15, 0.2) is 42.5 Å². The molecule has 0 saturated heterocycles. The lowest BCUT2D eigenvalue weighted by atomic mass is 9.85. The molecule has 0 radical (unpaired) electrons. The van der Waals surface area contributed by atoms with Crippen molar-refractivity contribution in [2.45, 2.75) is 64.3 Å². The Labute approximate surface area is 217 Å². The first-order valence-electron chi connectivity index (χ1n) is 11.4. The summed E-state index contributed by atoms with van der Waals surface area (Å²) in [6.45, 7) is 6.10. The number of aliphatic hydroxyl groups is 1. The van der Waals surface area contributed by atoms with Gasteiger partial charge in [0.1, 0.15) is 5.60 Å². The summed E-state index contributed by atoms with van der Waals surface area (Å²) in [6.07, 6.45) is -5.07.